The Bertz CT molecular complexity index is 413. The third-order valence-corrected chi connectivity index (χ3v) is 5.74. The first-order valence-corrected chi connectivity index (χ1v) is 11.2. The number of hydrogen-bond acceptors (Lipinski definition) is 3. The fourth-order valence-corrected chi connectivity index (χ4v) is 4.02. The number of carbonyl (C=O) groups is 1. The van der Waals surface area contributed by atoms with Crippen LogP contribution in [0.2, 0.25) is 0 Å². The molecule has 1 aliphatic rings. The van der Waals surface area contributed by atoms with Crippen molar-refractivity contribution in [1.29, 1.82) is 0 Å². The van der Waals surface area contributed by atoms with Gasteiger partial charge in [0, 0.05) is 6.42 Å². The smallest absolute Gasteiger partial charge is 0.303 e. The Morgan fingerprint density at radius 3 is 1.81 bits per heavy atom. The molecule has 0 unspecified atom stereocenters. The molecule has 27 heavy (non-hydrogen) atoms. The highest BCUT2D eigenvalue weighted by Gasteiger charge is 2.51. The van der Waals surface area contributed by atoms with Crippen LogP contribution in [0.1, 0.15) is 117 Å². The summed E-state index contributed by atoms with van der Waals surface area (Å²) in [5, 5.41) is 22.8. The Hall–Kier alpha value is -0.650. The standard InChI is InChI=1S/C22H42NO4/c1-4-5-6-7-8-9-10-11-14-17-22(18-15-12-13-16-20(24)25)23(26)21(2,3)19-27-22/h4-19H2,1-3H3,(H,24,25)/t22-/m1/s1. The molecule has 159 valence electrons. The van der Waals surface area contributed by atoms with Crippen molar-refractivity contribution < 1.29 is 19.8 Å². The lowest BCUT2D eigenvalue weighted by atomic mass is 9.95. The van der Waals surface area contributed by atoms with Gasteiger partial charge in [-0.3, -0.25) is 4.79 Å². The molecule has 0 bridgehead atoms. The number of rotatable bonds is 16. The Labute approximate surface area is 166 Å². The number of hydroxylamine groups is 2. The zero-order valence-corrected chi connectivity index (χ0v) is 17.9. The summed E-state index contributed by atoms with van der Waals surface area (Å²) in [6.45, 7) is 6.61. The molecule has 0 aromatic carbocycles. The summed E-state index contributed by atoms with van der Waals surface area (Å²) >= 11 is 0. The van der Waals surface area contributed by atoms with Gasteiger partial charge in [0.1, 0.15) is 5.72 Å². The molecule has 1 radical (unpaired) electrons. The van der Waals surface area contributed by atoms with E-state index in [4.69, 9.17) is 9.84 Å². The van der Waals surface area contributed by atoms with Gasteiger partial charge >= 0.3 is 5.97 Å². The summed E-state index contributed by atoms with van der Waals surface area (Å²) in [5.74, 6) is -0.747. The summed E-state index contributed by atoms with van der Waals surface area (Å²) in [6, 6.07) is 0. The normalized spacial score (nSPS) is 22.4. The highest BCUT2D eigenvalue weighted by molar-refractivity contribution is 5.66. The van der Waals surface area contributed by atoms with E-state index in [1.54, 1.807) is 0 Å². The molecule has 5 nitrogen and oxygen atoms in total. The topological polar surface area (TPSA) is 69.7 Å². The number of carboxylic acids is 1. The van der Waals surface area contributed by atoms with Gasteiger partial charge in [0.05, 0.1) is 12.1 Å². The van der Waals surface area contributed by atoms with E-state index in [2.05, 4.69) is 6.92 Å². The zero-order valence-electron chi connectivity index (χ0n) is 17.9. The monoisotopic (exact) mass is 384 g/mol. The lowest BCUT2D eigenvalue weighted by Gasteiger charge is -2.35. The lowest BCUT2D eigenvalue weighted by molar-refractivity contribution is -0.296. The van der Waals surface area contributed by atoms with Gasteiger partial charge in [0.15, 0.2) is 0 Å². The van der Waals surface area contributed by atoms with Crippen molar-refractivity contribution in [1.82, 2.24) is 5.06 Å². The van der Waals surface area contributed by atoms with E-state index in [9.17, 15) is 10.0 Å². The van der Waals surface area contributed by atoms with Crippen LogP contribution < -0.4 is 0 Å². The van der Waals surface area contributed by atoms with Gasteiger partial charge in [-0.15, -0.1) is 10.3 Å². The minimum atomic E-state index is -0.747. The van der Waals surface area contributed by atoms with Crippen molar-refractivity contribution in [2.24, 2.45) is 0 Å². The Morgan fingerprint density at radius 1 is 0.889 bits per heavy atom. The summed E-state index contributed by atoms with van der Waals surface area (Å²) in [6.07, 6.45) is 15.4. The van der Waals surface area contributed by atoms with E-state index in [1.165, 1.54) is 50.0 Å². The van der Waals surface area contributed by atoms with Gasteiger partial charge in [-0.05, 0) is 46.0 Å². The first-order valence-electron chi connectivity index (χ1n) is 11.2. The molecule has 0 spiro atoms. The van der Waals surface area contributed by atoms with Crippen molar-refractivity contribution >= 4 is 5.97 Å². The average molecular weight is 385 g/mol. The summed E-state index contributed by atoms with van der Waals surface area (Å²) < 4.78 is 6.06. The van der Waals surface area contributed by atoms with Gasteiger partial charge in [-0.25, -0.2) is 0 Å². The molecule has 1 heterocycles. The van der Waals surface area contributed by atoms with Crippen molar-refractivity contribution in [2.45, 2.75) is 128 Å². The molecule has 1 fully saturated rings. The molecule has 1 N–H and O–H groups in total. The first-order chi connectivity index (χ1) is 12.8. The van der Waals surface area contributed by atoms with Crippen LogP contribution in [0.5, 0.6) is 0 Å². The second-order valence-electron chi connectivity index (χ2n) is 8.87. The second kappa shape index (κ2) is 12.7. The summed E-state index contributed by atoms with van der Waals surface area (Å²) in [7, 11) is 0. The maximum absolute atomic E-state index is 12.9. The van der Waals surface area contributed by atoms with Crippen molar-refractivity contribution in [2.75, 3.05) is 6.61 Å². The van der Waals surface area contributed by atoms with Crippen LogP contribution >= 0.6 is 0 Å². The predicted molar refractivity (Wildman–Crippen MR) is 108 cm³/mol. The molecular formula is C22H42NO4. The lowest BCUT2D eigenvalue weighted by Crippen LogP contribution is -2.49. The molecule has 1 aliphatic heterocycles. The molecular weight excluding hydrogens is 342 g/mol. The molecule has 0 aromatic rings. The van der Waals surface area contributed by atoms with Crippen LogP contribution in [-0.4, -0.2) is 34.0 Å². The highest BCUT2D eigenvalue weighted by atomic mass is 16.6. The number of ether oxygens (including phenoxy) is 1. The van der Waals surface area contributed by atoms with Gasteiger partial charge in [-0.2, -0.15) is 0 Å². The summed E-state index contributed by atoms with van der Waals surface area (Å²) in [4.78, 5) is 10.6. The molecule has 1 rings (SSSR count). The Morgan fingerprint density at radius 2 is 1.37 bits per heavy atom. The van der Waals surface area contributed by atoms with Crippen LogP contribution in [0.25, 0.3) is 0 Å². The Balaban J connectivity index is 2.32. The van der Waals surface area contributed by atoms with Gasteiger partial charge < -0.3 is 9.84 Å². The first kappa shape index (κ1) is 24.4. The zero-order chi connectivity index (χ0) is 20.2. The predicted octanol–water partition coefficient (Wildman–Crippen LogP) is 6.10. The number of aliphatic carboxylic acids is 1. The van der Waals surface area contributed by atoms with E-state index in [0.29, 0.717) is 19.4 Å². The molecule has 0 saturated carbocycles. The van der Waals surface area contributed by atoms with Crippen molar-refractivity contribution in [3.05, 3.63) is 0 Å². The molecule has 5 heteroatoms. The van der Waals surface area contributed by atoms with Crippen LogP contribution in [0.15, 0.2) is 0 Å². The minimum Gasteiger partial charge on any atom is -0.481 e. The molecule has 1 atom stereocenters. The van der Waals surface area contributed by atoms with Gasteiger partial charge in [0.25, 0.3) is 0 Å². The fraction of sp³-hybridized carbons (Fsp3) is 0.955. The SMILES string of the molecule is CCCCCCCCCCC[C@]1(CCCCCC(=O)O)OCC(C)(C)N1[O]. The van der Waals surface area contributed by atoms with E-state index >= 15 is 0 Å². The highest BCUT2D eigenvalue weighted by Crippen LogP contribution is 2.40. The second-order valence-corrected chi connectivity index (χ2v) is 8.87. The van der Waals surface area contributed by atoms with E-state index < -0.39 is 17.2 Å². The molecule has 0 amide bonds. The van der Waals surface area contributed by atoms with Crippen molar-refractivity contribution in [3.8, 4) is 0 Å². The van der Waals surface area contributed by atoms with Crippen LogP contribution in [-0.2, 0) is 14.7 Å². The van der Waals surface area contributed by atoms with E-state index in [0.717, 1.165) is 32.1 Å². The van der Waals surface area contributed by atoms with Gasteiger partial charge in [0.2, 0.25) is 0 Å². The van der Waals surface area contributed by atoms with Crippen molar-refractivity contribution in [3.63, 3.8) is 0 Å². The van der Waals surface area contributed by atoms with Crippen LogP contribution in [0.3, 0.4) is 0 Å². The van der Waals surface area contributed by atoms with Crippen LogP contribution in [0.4, 0.5) is 0 Å². The van der Waals surface area contributed by atoms with Gasteiger partial charge in [-0.1, -0.05) is 64.7 Å². The number of carboxylic acid groups (broad SMARTS) is 1. The molecule has 0 aliphatic carbocycles. The van der Waals surface area contributed by atoms with Crippen LogP contribution in [0, 0.1) is 0 Å². The maximum Gasteiger partial charge on any atom is 0.303 e. The minimum absolute atomic E-state index is 0.207. The molecule has 1 saturated heterocycles. The maximum atomic E-state index is 12.9. The third-order valence-electron chi connectivity index (χ3n) is 5.74. The summed E-state index contributed by atoms with van der Waals surface area (Å²) in [5.41, 5.74) is -1.17. The number of nitrogens with zero attached hydrogens (tertiary/aromatic N) is 1. The number of unbranched alkanes of at least 4 members (excludes halogenated alkanes) is 10. The molecule has 0 aromatic heterocycles. The fourth-order valence-electron chi connectivity index (χ4n) is 4.02. The quantitative estimate of drug-likeness (QED) is 0.327. The Kier molecular flexibility index (Phi) is 11.5. The van der Waals surface area contributed by atoms with E-state index in [-0.39, 0.29) is 6.42 Å². The van der Waals surface area contributed by atoms with E-state index in [1.807, 2.05) is 13.8 Å². The number of hydrogen-bond donors (Lipinski definition) is 1. The third kappa shape index (κ3) is 8.93. The largest absolute Gasteiger partial charge is 0.481 e. The average Bonchev–Trinajstić information content (AvgIpc) is 2.84.